The van der Waals surface area contributed by atoms with Crippen molar-refractivity contribution in [2.24, 2.45) is 0 Å². The van der Waals surface area contributed by atoms with Crippen molar-refractivity contribution >= 4 is 0 Å². The Morgan fingerprint density at radius 3 is 2.64 bits per heavy atom. The van der Waals surface area contributed by atoms with Gasteiger partial charge in [0.2, 0.25) is 0 Å². The van der Waals surface area contributed by atoms with Gasteiger partial charge in [-0.1, -0.05) is 0 Å². The molecule has 1 aliphatic rings. The molecule has 0 saturated carbocycles. The minimum atomic E-state index is -0.948. The highest BCUT2D eigenvalue weighted by Crippen LogP contribution is 2.19. The summed E-state index contributed by atoms with van der Waals surface area (Å²) in [6.45, 7) is 1.56. The van der Waals surface area contributed by atoms with Gasteiger partial charge in [0.1, 0.15) is 12.2 Å². The van der Waals surface area contributed by atoms with Gasteiger partial charge < -0.3 is 20.1 Å². The summed E-state index contributed by atoms with van der Waals surface area (Å²) in [4.78, 5) is 0. The fourth-order valence-corrected chi connectivity index (χ4v) is 1.31. The molecule has 4 atom stereocenters. The van der Waals surface area contributed by atoms with E-state index >= 15 is 0 Å². The second-order valence-corrected chi connectivity index (χ2v) is 2.96. The van der Waals surface area contributed by atoms with Crippen LogP contribution in [-0.2, 0) is 4.74 Å². The van der Waals surface area contributed by atoms with Gasteiger partial charge in [-0.05, 0) is 6.92 Å². The molecule has 4 nitrogen and oxygen atoms in total. The van der Waals surface area contributed by atoms with Crippen LogP contribution in [0.4, 0.5) is 0 Å². The van der Waals surface area contributed by atoms with Gasteiger partial charge in [0.15, 0.2) is 0 Å². The number of rotatable bonds is 1. The molecule has 66 valence electrons. The molecule has 1 fully saturated rings. The first-order valence-electron chi connectivity index (χ1n) is 3.77. The highest BCUT2D eigenvalue weighted by atomic mass is 16.5. The van der Waals surface area contributed by atoms with Gasteiger partial charge in [0, 0.05) is 6.42 Å². The van der Waals surface area contributed by atoms with E-state index in [1.54, 1.807) is 6.92 Å². The van der Waals surface area contributed by atoms with E-state index in [4.69, 9.17) is 9.84 Å². The van der Waals surface area contributed by atoms with Crippen molar-refractivity contribution in [2.45, 2.75) is 37.8 Å². The lowest BCUT2D eigenvalue weighted by Gasteiger charge is -2.34. The summed E-state index contributed by atoms with van der Waals surface area (Å²) >= 11 is 0. The summed E-state index contributed by atoms with van der Waals surface area (Å²) < 4.78 is 5.16. The van der Waals surface area contributed by atoms with Crippen LogP contribution in [0.15, 0.2) is 0 Å². The summed E-state index contributed by atoms with van der Waals surface area (Å²) in [6, 6.07) is 0. The zero-order valence-corrected chi connectivity index (χ0v) is 6.47. The molecule has 1 unspecified atom stereocenters. The van der Waals surface area contributed by atoms with Crippen LogP contribution in [0.1, 0.15) is 13.3 Å². The van der Waals surface area contributed by atoms with Gasteiger partial charge in [-0.15, -0.1) is 0 Å². The molecule has 0 aliphatic carbocycles. The van der Waals surface area contributed by atoms with Gasteiger partial charge in [0.25, 0.3) is 0 Å². The molecule has 0 aromatic heterocycles. The maximum atomic E-state index is 9.22. The first-order chi connectivity index (χ1) is 5.15. The number of hydrogen-bond acceptors (Lipinski definition) is 4. The average molecular weight is 162 g/mol. The molecule has 0 spiro atoms. The van der Waals surface area contributed by atoms with E-state index in [-0.39, 0.29) is 12.7 Å². The summed E-state index contributed by atoms with van der Waals surface area (Å²) in [7, 11) is 0. The van der Waals surface area contributed by atoms with E-state index in [0.29, 0.717) is 6.42 Å². The van der Waals surface area contributed by atoms with Crippen LogP contribution in [-0.4, -0.2) is 46.3 Å². The Labute approximate surface area is 65.4 Å². The lowest BCUT2D eigenvalue weighted by Crippen LogP contribution is -2.49. The van der Waals surface area contributed by atoms with E-state index in [1.165, 1.54) is 0 Å². The highest BCUT2D eigenvalue weighted by molar-refractivity contribution is 4.83. The Morgan fingerprint density at radius 1 is 1.45 bits per heavy atom. The zero-order valence-electron chi connectivity index (χ0n) is 6.47. The molecule has 11 heavy (non-hydrogen) atoms. The second-order valence-electron chi connectivity index (χ2n) is 2.96. The molecule has 1 saturated heterocycles. The van der Waals surface area contributed by atoms with E-state index in [2.05, 4.69) is 0 Å². The van der Waals surface area contributed by atoms with Crippen molar-refractivity contribution in [1.82, 2.24) is 0 Å². The monoisotopic (exact) mass is 162 g/mol. The normalized spacial score (nSPS) is 45.8. The molecule has 1 rings (SSSR count). The average Bonchev–Trinajstić information content (AvgIpc) is 1.96. The first-order valence-corrected chi connectivity index (χ1v) is 3.77. The quantitative estimate of drug-likeness (QED) is 0.456. The third-order valence-corrected chi connectivity index (χ3v) is 1.94. The molecular weight excluding hydrogens is 148 g/mol. The summed E-state index contributed by atoms with van der Waals surface area (Å²) in [6.07, 6.45) is -2.01. The number of hydrogen-bond donors (Lipinski definition) is 3. The van der Waals surface area contributed by atoms with E-state index in [1.807, 2.05) is 0 Å². The lowest BCUT2D eigenvalue weighted by molar-refractivity contribution is -0.174. The highest BCUT2D eigenvalue weighted by Gasteiger charge is 2.34. The van der Waals surface area contributed by atoms with E-state index in [9.17, 15) is 10.2 Å². The molecule has 4 heteroatoms. The topological polar surface area (TPSA) is 69.9 Å². The molecule has 0 bridgehead atoms. The molecule has 0 aromatic rings. The second kappa shape index (κ2) is 3.49. The van der Waals surface area contributed by atoms with Gasteiger partial charge in [-0.25, -0.2) is 0 Å². The van der Waals surface area contributed by atoms with Crippen molar-refractivity contribution in [3.8, 4) is 0 Å². The predicted molar refractivity (Wildman–Crippen MR) is 38.1 cm³/mol. The standard InChI is InChI=1S/C7H14O4/c1-4-2-5(9)7(10)6(3-8)11-4/h4-10H,2-3H2,1H3/t4?,5-,6+,7-/m0/s1. The summed E-state index contributed by atoms with van der Waals surface area (Å²) in [5, 5.41) is 27.1. The number of ether oxygens (including phenoxy) is 1. The van der Waals surface area contributed by atoms with Crippen molar-refractivity contribution in [1.29, 1.82) is 0 Å². The van der Waals surface area contributed by atoms with Crippen molar-refractivity contribution in [2.75, 3.05) is 6.61 Å². The van der Waals surface area contributed by atoms with E-state index < -0.39 is 18.3 Å². The Kier molecular flexibility index (Phi) is 2.84. The molecule has 0 aromatic carbocycles. The zero-order chi connectivity index (χ0) is 8.43. The van der Waals surface area contributed by atoms with Gasteiger partial charge >= 0.3 is 0 Å². The summed E-state index contributed by atoms with van der Waals surface area (Å²) in [5.41, 5.74) is 0. The Bertz CT molecular complexity index is 128. The van der Waals surface area contributed by atoms with Crippen molar-refractivity contribution in [3.05, 3.63) is 0 Å². The maximum absolute atomic E-state index is 9.22. The van der Waals surface area contributed by atoms with Crippen LogP contribution in [0.25, 0.3) is 0 Å². The minimum absolute atomic E-state index is 0.0921. The van der Waals surface area contributed by atoms with Gasteiger partial charge in [-0.3, -0.25) is 0 Å². The van der Waals surface area contributed by atoms with Crippen LogP contribution >= 0.6 is 0 Å². The predicted octanol–water partition coefficient (Wildman–Crippen LogP) is -1.12. The van der Waals surface area contributed by atoms with Crippen LogP contribution in [0, 0.1) is 0 Å². The largest absolute Gasteiger partial charge is 0.394 e. The number of aliphatic hydroxyl groups excluding tert-OH is 3. The third-order valence-electron chi connectivity index (χ3n) is 1.94. The van der Waals surface area contributed by atoms with Gasteiger partial charge in [0.05, 0.1) is 18.8 Å². The minimum Gasteiger partial charge on any atom is -0.394 e. The Balaban J connectivity index is 2.51. The van der Waals surface area contributed by atoms with Crippen LogP contribution in [0.5, 0.6) is 0 Å². The third kappa shape index (κ3) is 1.90. The van der Waals surface area contributed by atoms with Crippen LogP contribution in [0.3, 0.4) is 0 Å². The Morgan fingerprint density at radius 2 is 2.09 bits per heavy atom. The Hall–Kier alpha value is -0.160. The molecule has 1 aliphatic heterocycles. The van der Waals surface area contributed by atoms with Crippen LogP contribution < -0.4 is 0 Å². The summed E-state index contributed by atoms with van der Waals surface area (Å²) in [5.74, 6) is 0. The molecule has 0 amide bonds. The SMILES string of the molecule is CC1C[C@H](O)[C@H](O)[C@@H](CO)O1. The molecule has 3 N–H and O–H groups in total. The molecule has 0 radical (unpaired) electrons. The van der Waals surface area contributed by atoms with Crippen molar-refractivity contribution in [3.63, 3.8) is 0 Å². The van der Waals surface area contributed by atoms with Crippen molar-refractivity contribution < 1.29 is 20.1 Å². The van der Waals surface area contributed by atoms with E-state index in [0.717, 1.165) is 0 Å². The number of aliphatic hydroxyl groups is 3. The molecule has 1 heterocycles. The first kappa shape index (κ1) is 8.93. The fraction of sp³-hybridized carbons (Fsp3) is 1.00. The smallest absolute Gasteiger partial charge is 0.109 e. The van der Waals surface area contributed by atoms with Gasteiger partial charge in [-0.2, -0.15) is 0 Å². The molecular formula is C7H14O4. The van der Waals surface area contributed by atoms with Crippen LogP contribution in [0.2, 0.25) is 0 Å². The fourth-order valence-electron chi connectivity index (χ4n) is 1.31. The maximum Gasteiger partial charge on any atom is 0.109 e. The lowest BCUT2D eigenvalue weighted by atomic mass is 9.99.